The number of thioether (sulfide) groups is 1. The number of nitrogens with zero attached hydrogens (tertiary/aromatic N) is 3. The van der Waals surface area contributed by atoms with Gasteiger partial charge >= 0.3 is 12.0 Å². The van der Waals surface area contributed by atoms with Crippen molar-refractivity contribution in [1.29, 1.82) is 0 Å². The molecule has 1 unspecified atom stereocenters. The summed E-state index contributed by atoms with van der Waals surface area (Å²) in [6.07, 6.45) is 1.95. The maximum atomic E-state index is 12.1. The number of urea groups is 1. The molecule has 0 radical (unpaired) electrons. The molecule has 8 heteroatoms. The van der Waals surface area contributed by atoms with Crippen molar-refractivity contribution in [2.45, 2.75) is 19.9 Å². The van der Waals surface area contributed by atoms with E-state index in [0.29, 0.717) is 5.70 Å². The highest BCUT2D eigenvalue weighted by Gasteiger charge is 2.22. The van der Waals surface area contributed by atoms with Gasteiger partial charge in [-0.2, -0.15) is 0 Å². The number of carboxylic acids is 1. The van der Waals surface area contributed by atoms with Crippen molar-refractivity contribution in [2.24, 2.45) is 10.9 Å². The normalized spacial score (nSPS) is 13.1. The van der Waals surface area contributed by atoms with Crippen LogP contribution in [0.1, 0.15) is 13.8 Å². The number of hydrogen-bond acceptors (Lipinski definition) is 5. The van der Waals surface area contributed by atoms with Crippen LogP contribution in [0.4, 0.5) is 4.79 Å². The lowest BCUT2D eigenvalue weighted by molar-refractivity contribution is -0.139. The summed E-state index contributed by atoms with van der Waals surface area (Å²) in [7, 11) is 5.08. The summed E-state index contributed by atoms with van der Waals surface area (Å²) < 4.78 is 0. The summed E-state index contributed by atoms with van der Waals surface area (Å²) in [6, 6.07) is -1.43. The fourth-order valence-corrected chi connectivity index (χ4v) is 2.45. The second kappa shape index (κ2) is 10.3. The first kappa shape index (κ1) is 21.5. The number of amides is 2. The van der Waals surface area contributed by atoms with Gasteiger partial charge in [-0.25, -0.2) is 14.6 Å². The van der Waals surface area contributed by atoms with E-state index in [4.69, 9.17) is 5.11 Å². The smallest absolute Gasteiger partial charge is 0.327 e. The van der Waals surface area contributed by atoms with Crippen molar-refractivity contribution in [3.63, 3.8) is 0 Å². The first-order valence-electron chi connectivity index (χ1n) is 7.28. The maximum absolute atomic E-state index is 12.1. The summed E-state index contributed by atoms with van der Waals surface area (Å²) >= 11 is 1.55. The molecule has 0 aromatic carbocycles. The van der Waals surface area contributed by atoms with E-state index in [-0.39, 0.29) is 19.0 Å². The second-order valence-electron chi connectivity index (χ2n) is 5.83. The third-order valence-corrected chi connectivity index (χ3v) is 3.86. The molecular formula is C15H28N4O3S. The Morgan fingerprint density at radius 2 is 1.87 bits per heavy atom. The van der Waals surface area contributed by atoms with Crippen LogP contribution in [0.5, 0.6) is 0 Å². The summed E-state index contributed by atoms with van der Waals surface area (Å²) in [5.74, 6) is -0.779. The van der Waals surface area contributed by atoms with E-state index < -0.39 is 18.0 Å². The minimum absolute atomic E-state index is 0.220. The van der Waals surface area contributed by atoms with E-state index in [1.807, 2.05) is 20.1 Å². The number of aliphatic imine (C=N–C) groups is 1. The van der Waals surface area contributed by atoms with Gasteiger partial charge in [0.2, 0.25) is 0 Å². The molecule has 2 N–H and O–H groups in total. The van der Waals surface area contributed by atoms with Crippen LogP contribution in [-0.4, -0.2) is 78.5 Å². The number of carbonyl (C=O) groups is 2. The number of hydrogen-bond donors (Lipinski definition) is 2. The number of likely N-dealkylation sites (N-methyl/N-ethyl adjacent to an activating group) is 2. The van der Waals surface area contributed by atoms with Crippen LogP contribution >= 0.6 is 11.8 Å². The Morgan fingerprint density at radius 1 is 1.30 bits per heavy atom. The summed E-state index contributed by atoms with van der Waals surface area (Å²) in [6.45, 7) is 8.39. The van der Waals surface area contributed by atoms with Gasteiger partial charge in [0.25, 0.3) is 0 Å². The summed E-state index contributed by atoms with van der Waals surface area (Å²) in [4.78, 5) is 30.8. The SMILES string of the molecule is C=C(CN(C)C(=O)NC(CN(C)C)C(=O)O)N=C(SC)C(C)C. The highest BCUT2D eigenvalue weighted by atomic mass is 32.2. The lowest BCUT2D eigenvalue weighted by atomic mass is 10.2. The van der Waals surface area contributed by atoms with Gasteiger partial charge in [-0.05, 0) is 20.4 Å². The van der Waals surface area contributed by atoms with E-state index in [9.17, 15) is 9.59 Å². The molecular weight excluding hydrogens is 316 g/mol. The van der Waals surface area contributed by atoms with Crippen LogP contribution in [0.2, 0.25) is 0 Å². The molecule has 0 aliphatic heterocycles. The lowest BCUT2D eigenvalue weighted by Crippen LogP contribution is -2.51. The Labute approximate surface area is 142 Å². The van der Waals surface area contributed by atoms with Crippen molar-refractivity contribution in [1.82, 2.24) is 15.1 Å². The number of carboxylic acid groups (broad SMARTS) is 1. The molecule has 0 spiro atoms. The predicted octanol–water partition coefficient (Wildman–Crippen LogP) is 1.57. The molecule has 0 fully saturated rings. The van der Waals surface area contributed by atoms with Crippen molar-refractivity contribution in [2.75, 3.05) is 40.5 Å². The van der Waals surface area contributed by atoms with Crippen molar-refractivity contribution >= 4 is 28.8 Å². The largest absolute Gasteiger partial charge is 0.480 e. The number of aliphatic carboxylic acids is 1. The van der Waals surface area contributed by atoms with Gasteiger partial charge in [0.1, 0.15) is 6.04 Å². The average molecular weight is 344 g/mol. The van der Waals surface area contributed by atoms with Crippen molar-refractivity contribution in [3.8, 4) is 0 Å². The molecule has 0 aliphatic carbocycles. The molecule has 0 heterocycles. The molecule has 23 heavy (non-hydrogen) atoms. The van der Waals surface area contributed by atoms with E-state index in [2.05, 4.69) is 16.9 Å². The zero-order valence-corrected chi connectivity index (χ0v) is 15.6. The minimum atomic E-state index is -1.07. The first-order chi connectivity index (χ1) is 10.6. The third kappa shape index (κ3) is 8.61. The van der Waals surface area contributed by atoms with E-state index in [1.54, 1.807) is 37.8 Å². The summed E-state index contributed by atoms with van der Waals surface area (Å²) in [5.41, 5.74) is 0.556. The fourth-order valence-electron chi connectivity index (χ4n) is 1.76. The molecule has 0 aromatic heterocycles. The molecule has 0 bridgehead atoms. The van der Waals surface area contributed by atoms with Gasteiger partial charge in [-0.15, -0.1) is 11.8 Å². The number of rotatable bonds is 8. The molecule has 2 amide bonds. The summed E-state index contributed by atoms with van der Waals surface area (Å²) in [5, 5.41) is 12.6. The fraction of sp³-hybridized carbons (Fsp3) is 0.667. The van der Waals surface area contributed by atoms with E-state index in [1.165, 1.54) is 4.90 Å². The molecule has 7 nitrogen and oxygen atoms in total. The number of nitrogens with one attached hydrogen (secondary N) is 1. The highest BCUT2D eigenvalue weighted by Crippen LogP contribution is 2.12. The van der Waals surface area contributed by atoms with Crippen LogP contribution in [-0.2, 0) is 4.79 Å². The Kier molecular flexibility index (Phi) is 9.59. The second-order valence-corrected chi connectivity index (χ2v) is 6.66. The third-order valence-electron chi connectivity index (χ3n) is 2.88. The Balaban J connectivity index is 4.71. The van der Waals surface area contributed by atoms with Gasteiger partial charge in [-0.1, -0.05) is 20.4 Å². The lowest BCUT2D eigenvalue weighted by Gasteiger charge is -2.23. The van der Waals surface area contributed by atoms with Crippen LogP contribution in [0.25, 0.3) is 0 Å². The maximum Gasteiger partial charge on any atom is 0.327 e. The van der Waals surface area contributed by atoms with E-state index in [0.717, 1.165) is 5.04 Å². The van der Waals surface area contributed by atoms with E-state index >= 15 is 0 Å². The quantitative estimate of drug-likeness (QED) is 0.516. The van der Waals surface area contributed by atoms with Gasteiger partial charge < -0.3 is 20.2 Å². The van der Waals surface area contributed by atoms with Gasteiger partial charge in [0.05, 0.1) is 17.3 Å². The Hall–Kier alpha value is -1.54. The first-order valence-corrected chi connectivity index (χ1v) is 8.50. The topological polar surface area (TPSA) is 85.2 Å². The van der Waals surface area contributed by atoms with Gasteiger partial charge in [-0.3, -0.25) is 0 Å². The van der Waals surface area contributed by atoms with Crippen LogP contribution < -0.4 is 5.32 Å². The average Bonchev–Trinajstić information content (AvgIpc) is 2.42. The molecule has 0 aliphatic rings. The molecule has 0 rings (SSSR count). The number of carbonyl (C=O) groups excluding carboxylic acids is 1. The standard InChI is InChI=1S/C15H28N4O3S/c1-10(2)13(23-7)16-11(3)8-19(6)15(22)17-12(14(20)21)9-18(4)5/h10,12H,3,8-9H2,1-2,4-7H3,(H,17,22)(H,20,21). The molecule has 0 aromatic rings. The van der Waals surface area contributed by atoms with Gasteiger partial charge in [0, 0.05) is 19.5 Å². The van der Waals surface area contributed by atoms with Gasteiger partial charge in [0.15, 0.2) is 0 Å². The molecule has 0 saturated carbocycles. The predicted molar refractivity (Wildman–Crippen MR) is 96.1 cm³/mol. The van der Waals surface area contributed by atoms with Crippen LogP contribution in [0.3, 0.4) is 0 Å². The van der Waals surface area contributed by atoms with Crippen LogP contribution in [0, 0.1) is 5.92 Å². The van der Waals surface area contributed by atoms with Crippen LogP contribution in [0.15, 0.2) is 17.3 Å². The minimum Gasteiger partial charge on any atom is -0.480 e. The highest BCUT2D eigenvalue weighted by molar-refractivity contribution is 8.13. The molecule has 0 saturated heterocycles. The molecule has 132 valence electrons. The Bertz CT molecular complexity index is 464. The molecule has 1 atom stereocenters. The zero-order chi connectivity index (χ0) is 18.2. The zero-order valence-electron chi connectivity index (χ0n) is 14.8. The monoisotopic (exact) mass is 344 g/mol. The Morgan fingerprint density at radius 3 is 2.26 bits per heavy atom. The van der Waals surface area contributed by atoms with Crippen molar-refractivity contribution in [3.05, 3.63) is 12.3 Å². The van der Waals surface area contributed by atoms with Crippen molar-refractivity contribution < 1.29 is 14.7 Å².